The predicted molar refractivity (Wildman–Crippen MR) is 84.6 cm³/mol. The molecule has 2 N–H and O–H groups in total. The van der Waals surface area contributed by atoms with Gasteiger partial charge in [-0.3, -0.25) is 4.99 Å². The van der Waals surface area contributed by atoms with Gasteiger partial charge in [0.05, 0.1) is 12.8 Å². The molecule has 1 saturated carbocycles. The molecule has 1 fully saturated rings. The molecule has 1 aliphatic carbocycles. The third kappa shape index (κ3) is 3.18. The van der Waals surface area contributed by atoms with Crippen molar-refractivity contribution in [1.82, 2.24) is 0 Å². The summed E-state index contributed by atoms with van der Waals surface area (Å²) < 4.78 is 43.3. The van der Waals surface area contributed by atoms with Gasteiger partial charge < -0.3 is 14.9 Å². The van der Waals surface area contributed by atoms with Gasteiger partial charge in [-0.1, -0.05) is 12.1 Å². The monoisotopic (exact) mass is 359 g/mol. The van der Waals surface area contributed by atoms with Gasteiger partial charge in [0.15, 0.2) is 0 Å². The Morgan fingerprint density at radius 2 is 2.04 bits per heavy atom. The molecule has 0 spiro atoms. The van der Waals surface area contributed by atoms with E-state index in [1.807, 2.05) is 24.3 Å². The van der Waals surface area contributed by atoms with E-state index < -0.39 is 23.6 Å². The largest absolute Gasteiger partial charge is 0.497 e. The van der Waals surface area contributed by atoms with Crippen molar-refractivity contribution in [3.8, 4) is 5.75 Å². The highest BCUT2D eigenvalue weighted by Gasteiger charge is 2.63. The quantitative estimate of drug-likeness (QED) is 0.793. The van der Waals surface area contributed by atoms with Crippen LogP contribution in [0.5, 0.6) is 5.75 Å². The van der Waals surface area contributed by atoms with Crippen molar-refractivity contribution >= 4 is 17.5 Å². The minimum Gasteiger partial charge on any atom is -0.497 e. The van der Waals surface area contributed by atoms with Crippen molar-refractivity contribution in [1.29, 1.82) is 0 Å². The molecule has 2 unspecified atom stereocenters. The second-order valence-corrected chi connectivity index (χ2v) is 6.85. The zero-order valence-electron chi connectivity index (χ0n) is 12.7. The molecule has 0 bridgehead atoms. The Labute approximate surface area is 141 Å². The third-order valence-electron chi connectivity index (χ3n) is 4.13. The molecule has 4 nitrogen and oxygen atoms in total. The van der Waals surface area contributed by atoms with Crippen molar-refractivity contribution in [3.63, 3.8) is 0 Å². The first-order valence-electron chi connectivity index (χ1n) is 7.29. The van der Waals surface area contributed by atoms with Crippen LogP contribution in [-0.4, -0.2) is 35.0 Å². The van der Waals surface area contributed by atoms with E-state index in [0.717, 1.165) is 16.2 Å². The summed E-state index contributed by atoms with van der Waals surface area (Å²) in [6.07, 6.45) is -3.38. The molecule has 0 aromatic heterocycles. The summed E-state index contributed by atoms with van der Waals surface area (Å²) in [5.74, 6) is -3.15. The van der Waals surface area contributed by atoms with E-state index in [2.05, 4.69) is 4.99 Å². The summed E-state index contributed by atoms with van der Waals surface area (Å²) >= 11 is 1.49. The number of ether oxygens (including phenoxy) is 1. The summed E-state index contributed by atoms with van der Waals surface area (Å²) in [4.78, 5) is 4.57. The number of aliphatic imine (C=N–C) groups is 1. The van der Waals surface area contributed by atoms with Gasteiger partial charge in [-0.25, -0.2) is 0 Å². The first-order chi connectivity index (χ1) is 11.2. The van der Waals surface area contributed by atoms with Gasteiger partial charge in [0.25, 0.3) is 0 Å². The smallest absolute Gasteiger partial charge is 0.449 e. The van der Waals surface area contributed by atoms with Crippen LogP contribution in [0.25, 0.3) is 0 Å². The number of allylic oxidation sites excluding steroid dienone is 1. The number of fused-ring (bicyclic) bond motifs is 1. The minimum absolute atomic E-state index is 0.117. The van der Waals surface area contributed by atoms with Gasteiger partial charge >= 0.3 is 12.0 Å². The molecule has 1 aromatic carbocycles. The SMILES string of the molecule is COc1cccc(CSC2=CN=C(C(O)(O)C(F)(F)F)C3CC23)c1. The van der Waals surface area contributed by atoms with Crippen molar-refractivity contribution in [2.75, 3.05) is 7.11 Å². The summed E-state index contributed by atoms with van der Waals surface area (Å²) in [6, 6.07) is 7.54. The number of rotatable bonds is 5. The van der Waals surface area contributed by atoms with Crippen LogP contribution in [0.4, 0.5) is 13.2 Å². The van der Waals surface area contributed by atoms with Gasteiger partial charge in [0.2, 0.25) is 0 Å². The zero-order valence-corrected chi connectivity index (χ0v) is 13.6. The maximum absolute atomic E-state index is 12.7. The van der Waals surface area contributed by atoms with Crippen LogP contribution in [0.1, 0.15) is 12.0 Å². The number of hydrogen-bond acceptors (Lipinski definition) is 5. The molecule has 1 aromatic rings. The average molecular weight is 359 g/mol. The normalized spacial score (nSPS) is 23.2. The Kier molecular flexibility index (Phi) is 4.39. The van der Waals surface area contributed by atoms with Crippen LogP contribution in [0, 0.1) is 11.8 Å². The molecule has 1 aliphatic heterocycles. The van der Waals surface area contributed by atoms with Crippen LogP contribution < -0.4 is 4.74 Å². The average Bonchev–Trinajstić information content (AvgIpc) is 3.32. The molecule has 0 radical (unpaired) electrons. The van der Waals surface area contributed by atoms with Crippen molar-refractivity contribution in [2.45, 2.75) is 24.1 Å². The summed E-state index contributed by atoms with van der Waals surface area (Å²) in [5.41, 5.74) is 0.423. The molecule has 0 saturated heterocycles. The first kappa shape index (κ1) is 17.3. The van der Waals surface area contributed by atoms with E-state index in [1.54, 1.807) is 7.11 Å². The van der Waals surface area contributed by atoms with Crippen molar-refractivity contribution < 1.29 is 28.1 Å². The predicted octanol–water partition coefficient (Wildman–Crippen LogP) is 3.10. The topological polar surface area (TPSA) is 62.0 Å². The lowest BCUT2D eigenvalue weighted by Gasteiger charge is -2.27. The van der Waals surface area contributed by atoms with Crippen LogP contribution in [-0.2, 0) is 5.75 Å². The molecule has 2 atom stereocenters. The van der Waals surface area contributed by atoms with E-state index in [9.17, 15) is 23.4 Å². The Bertz CT molecular complexity index is 700. The lowest BCUT2D eigenvalue weighted by molar-refractivity contribution is -0.312. The fourth-order valence-corrected chi connectivity index (χ4v) is 3.82. The molecule has 8 heteroatoms. The Morgan fingerprint density at radius 3 is 2.71 bits per heavy atom. The molecule has 130 valence electrons. The number of aliphatic hydroxyl groups is 2. The van der Waals surface area contributed by atoms with Crippen molar-refractivity contribution in [2.24, 2.45) is 16.8 Å². The van der Waals surface area contributed by atoms with E-state index in [0.29, 0.717) is 12.2 Å². The van der Waals surface area contributed by atoms with Crippen LogP contribution in [0.2, 0.25) is 0 Å². The first-order valence-corrected chi connectivity index (χ1v) is 8.28. The number of halogens is 3. The van der Waals surface area contributed by atoms with Gasteiger partial charge in [-0.15, -0.1) is 11.8 Å². The molecule has 3 rings (SSSR count). The second kappa shape index (κ2) is 6.09. The Morgan fingerprint density at radius 1 is 1.29 bits per heavy atom. The van der Waals surface area contributed by atoms with E-state index in [-0.39, 0.29) is 5.92 Å². The van der Waals surface area contributed by atoms with Crippen LogP contribution in [0.15, 0.2) is 40.4 Å². The highest BCUT2D eigenvalue weighted by atomic mass is 32.2. The third-order valence-corrected chi connectivity index (χ3v) is 5.35. The van der Waals surface area contributed by atoms with Crippen molar-refractivity contribution in [3.05, 3.63) is 40.9 Å². The molecule has 1 heterocycles. The molecular weight excluding hydrogens is 343 g/mol. The number of benzene rings is 1. The Hall–Kier alpha value is -1.51. The van der Waals surface area contributed by atoms with Gasteiger partial charge in [0.1, 0.15) is 5.75 Å². The summed E-state index contributed by atoms with van der Waals surface area (Å²) in [5, 5.41) is 18.7. The number of methoxy groups -OCH3 is 1. The molecule has 2 aliphatic rings. The number of alkyl halides is 3. The number of nitrogens with zero attached hydrogens (tertiary/aromatic N) is 1. The minimum atomic E-state index is -5.15. The summed E-state index contributed by atoms with van der Waals surface area (Å²) in [6.45, 7) is 0. The second-order valence-electron chi connectivity index (χ2n) is 5.80. The zero-order chi connectivity index (χ0) is 17.5. The highest BCUT2D eigenvalue weighted by molar-refractivity contribution is 8.02. The molecule has 24 heavy (non-hydrogen) atoms. The lowest BCUT2D eigenvalue weighted by Crippen LogP contribution is -2.53. The fourth-order valence-electron chi connectivity index (χ4n) is 2.70. The van der Waals surface area contributed by atoms with Gasteiger partial charge in [-0.05, 0) is 24.1 Å². The number of hydrogen-bond donors (Lipinski definition) is 2. The maximum atomic E-state index is 12.7. The fraction of sp³-hybridized carbons (Fsp3) is 0.438. The standard InChI is InChI=1S/C16H16F3NO3S/c1-23-10-4-2-3-9(5-10)8-24-13-7-20-14(12-6-11(12)13)15(21,22)16(17,18)19/h2-5,7,11-12,21-22H,6,8H2,1H3. The number of thioether (sulfide) groups is 1. The lowest BCUT2D eigenvalue weighted by atomic mass is 10.0. The Balaban J connectivity index is 1.71. The summed E-state index contributed by atoms with van der Waals surface area (Å²) in [7, 11) is 1.58. The maximum Gasteiger partial charge on any atom is 0.449 e. The molecule has 0 amide bonds. The highest BCUT2D eigenvalue weighted by Crippen LogP contribution is 2.54. The van der Waals surface area contributed by atoms with Gasteiger partial charge in [-0.2, -0.15) is 13.2 Å². The molecular formula is C16H16F3NO3S. The van der Waals surface area contributed by atoms with E-state index in [4.69, 9.17) is 4.74 Å². The van der Waals surface area contributed by atoms with Crippen LogP contribution in [0.3, 0.4) is 0 Å². The van der Waals surface area contributed by atoms with Gasteiger partial charge in [0, 0.05) is 28.7 Å². The van der Waals surface area contributed by atoms with Crippen LogP contribution >= 0.6 is 11.8 Å². The van der Waals surface area contributed by atoms with E-state index in [1.165, 1.54) is 18.0 Å². The van der Waals surface area contributed by atoms with E-state index >= 15 is 0 Å².